The quantitative estimate of drug-likeness (QED) is 0.837. The normalized spacial score (nSPS) is 32.6. The molecule has 3 aliphatic heterocycles. The Morgan fingerprint density at radius 3 is 2.92 bits per heavy atom. The third-order valence-corrected chi connectivity index (χ3v) is 5.60. The molecule has 25 heavy (non-hydrogen) atoms. The maximum absolute atomic E-state index is 13.1. The van der Waals surface area contributed by atoms with Crippen molar-refractivity contribution < 1.29 is 14.3 Å². The van der Waals surface area contributed by atoms with Gasteiger partial charge in [-0.2, -0.15) is 0 Å². The number of likely N-dealkylation sites (tertiary alicyclic amines) is 1. The van der Waals surface area contributed by atoms with Gasteiger partial charge in [0.2, 0.25) is 11.8 Å². The number of nitrogens with zero attached hydrogens (tertiary/aromatic N) is 1. The predicted octanol–water partition coefficient (Wildman–Crippen LogP) is 2.15. The number of hydrogen-bond acceptors (Lipinski definition) is 3. The molecule has 1 N–H and O–H groups in total. The van der Waals surface area contributed by atoms with E-state index in [-0.39, 0.29) is 24.0 Å². The second-order valence-corrected chi connectivity index (χ2v) is 7.76. The van der Waals surface area contributed by atoms with Crippen LogP contribution in [0.1, 0.15) is 19.4 Å². The van der Waals surface area contributed by atoms with E-state index in [1.165, 1.54) is 0 Å². The van der Waals surface area contributed by atoms with Crippen molar-refractivity contribution in [3.05, 3.63) is 47.0 Å². The molecule has 2 fully saturated rings. The van der Waals surface area contributed by atoms with E-state index in [2.05, 4.69) is 5.32 Å². The van der Waals surface area contributed by atoms with Gasteiger partial charge in [0.05, 0.1) is 24.5 Å². The highest BCUT2D eigenvalue weighted by atomic mass is 35.5. The second kappa shape index (κ2) is 5.85. The fourth-order valence-corrected chi connectivity index (χ4v) is 4.42. The third kappa shape index (κ3) is 2.57. The summed E-state index contributed by atoms with van der Waals surface area (Å²) in [5.41, 5.74) is 0.220. The summed E-state index contributed by atoms with van der Waals surface area (Å²) in [6, 6.07) is 7.53. The van der Waals surface area contributed by atoms with E-state index in [0.29, 0.717) is 18.1 Å². The first-order valence-electron chi connectivity index (χ1n) is 8.61. The van der Waals surface area contributed by atoms with Gasteiger partial charge in [-0.3, -0.25) is 9.59 Å². The molecule has 132 valence electrons. The lowest BCUT2D eigenvalue weighted by Crippen LogP contribution is -2.45. The fraction of sp³-hybridized carbons (Fsp3) is 0.474. The molecule has 6 heteroatoms. The number of ether oxygens (including phenoxy) is 1. The van der Waals surface area contributed by atoms with Gasteiger partial charge in [-0.15, -0.1) is 0 Å². The van der Waals surface area contributed by atoms with E-state index >= 15 is 0 Å². The van der Waals surface area contributed by atoms with Crippen LogP contribution in [0.2, 0.25) is 5.02 Å². The molecule has 2 amide bonds. The Bertz CT molecular complexity index is 763. The minimum atomic E-state index is -0.679. The van der Waals surface area contributed by atoms with E-state index in [1.807, 2.05) is 50.3 Å². The first-order valence-corrected chi connectivity index (χ1v) is 8.99. The molecular formula is C19H21ClN2O3. The zero-order chi connectivity index (χ0) is 17.8. The summed E-state index contributed by atoms with van der Waals surface area (Å²) in [7, 11) is 0. The summed E-state index contributed by atoms with van der Waals surface area (Å²) in [5, 5.41) is 3.57. The van der Waals surface area contributed by atoms with Gasteiger partial charge in [0.25, 0.3) is 0 Å². The Balaban J connectivity index is 1.59. The lowest BCUT2D eigenvalue weighted by atomic mass is 9.76. The van der Waals surface area contributed by atoms with Crippen LogP contribution in [0.4, 0.5) is 0 Å². The van der Waals surface area contributed by atoms with E-state index in [1.54, 1.807) is 4.90 Å². The number of carbonyl (C=O) groups excluding carboxylic acids is 2. The van der Waals surface area contributed by atoms with Gasteiger partial charge >= 0.3 is 0 Å². The van der Waals surface area contributed by atoms with Gasteiger partial charge in [0.1, 0.15) is 5.60 Å². The maximum Gasteiger partial charge on any atom is 0.230 e. The summed E-state index contributed by atoms with van der Waals surface area (Å²) >= 11 is 6.24. The Labute approximate surface area is 152 Å². The number of benzene rings is 1. The average Bonchev–Trinajstić information content (AvgIpc) is 3.18. The molecule has 0 aliphatic carbocycles. The Kier molecular flexibility index (Phi) is 3.89. The number of nitrogens with one attached hydrogen (secondary N) is 1. The molecule has 2 saturated heterocycles. The fourth-order valence-electron chi connectivity index (χ4n) is 4.22. The number of hydrogen-bond donors (Lipinski definition) is 1. The SMILES string of the molecule is CC(C)NC(=O)C1[C@H]2C=CC3(CN(Cc4ccccc4Cl)C(=O)[C@@H]13)O2. The van der Waals surface area contributed by atoms with Gasteiger partial charge in [0.15, 0.2) is 0 Å². The zero-order valence-electron chi connectivity index (χ0n) is 14.2. The number of halogens is 1. The number of carbonyl (C=O) groups is 2. The topological polar surface area (TPSA) is 58.6 Å². The highest BCUT2D eigenvalue weighted by Gasteiger charge is 2.66. The molecule has 5 nitrogen and oxygen atoms in total. The van der Waals surface area contributed by atoms with Crippen LogP contribution in [0.3, 0.4) is 0 Å². The summed E-state index contributed by atoms with van der Waals surface area (Å²) in [6.07, 6.45) is 3.58. The molecule has 2 unspecified atom stereocenters. The van der Waals surface area contributed by atoms with Gasteiger partial charge in [0, 0.05) is 17.6 Å². The largest absolute Gasteiger partial charge is 0.360 e. The van der Waals surface area contributed by atoms with Crippen molar-refractivity contribution in [1.82, 2.24) is 10.2 Å². The van der Waals surface area contributed by atoms with Crippen LogP contribution in [-0.2, 0) is 20.9 Å². The highest BCUT2D eigenvalue weighted by molar-refractivity contribution is 6.31. The molecule has 0 radical (unpaired) electrons. The standard InChI is InChI=1S/C19H21ClN2O3/c1-11(2)21-17(23)15-14-7-8-19(25-14)10-22(18(24)16(15)19)9-12-5-3-4-6-13(12)20/h3-8,11,14-16H,9-10H2,1-2H3,(H,21,23)/t14-,15?,16-,19?/m1/s1. The summed E-state index contributed by atoms with van der Waals surface area (Å²) in [6.45, 7) is 4.72. The monoisotopic (exact) mass is 360 g/mol. The van der Waals surface area contributed by atoms with Gasteiger partial charge < -0.3 is 15.0 Å². The molecule has 0 saturated carbocycles. The molecule has 3 aliphatic rings. The molecule has 1 aromatic rings. The van der Waals surface area contributed by atoms with Crippen LogP contribution >= 0.6 is 11.6 Å². The van der Waals surface area contributed by atoms with Gasteiger partial charge in [-0.05, 0) is 25.5 Å². The minimum absolute atomic E-state index is 0.0299. The Morgan fingerprint density at radius 2 is 2.20 bits per heavy atom. The van der Waals surface area contributed by atoms with Crippen molar-refractivity contribution in [2.45, 2.75) is 38.1 Å². The van der Waals surface area contributed by atoms with Crippen molar-refractivity contribution >= 4 is 23.4 Å². The van der Waals surface area contributed by atoms with Crippen molar-refractivity contribution in [2.75, 3.05) is 6.54 Å². The molecule has 4 rings (SSSR count). The molecule has 1 aromatic carbocycles. The van der Waals surface area contributed by atoms with E-state index in [9.17, 15) is 9.59 Å². The minimum Gasteiger partial charge on any atom is -0.360 e. The summed E-state index contributed by atoms with van der Waals surface area (Å²) in [4.78, 5) is 27.5. The Hall–Kier alpha value is -1.85. The third-order valence-electron chi connectivity index (χ3n) is 5.23. The van der Waals surface area contributed by atoms with Crippen molar-refractivity contribution in [2.24, 2.45) is 11.8 Å². The first kappa shape index (κ1) is 16.6. The highest BCUT2D eigenvalue weighted by Crippen LogP contribution is 2.52. The van der Waals surface area contributed by atoms with Crippen molar-refractivity contribution in [3.63, 3.8) is 0 Å². The van der Waals surface area contributed by atoms with Crippen LogP contribution < -0.4 is 5.32 Å². The number of amides is 2. The molecule has 3 heterocycles. The smallest absolute Gasteiger partial charge is 0.230 e. The lowest BCUT2D eigenvalue weighted by Gasteiger charge is -2.24. The van der Waals surface area contributed by atoms with Crippen LogP contribution in [0.25, 0.3) is 0 Å². The van der Waals surface area contributed by atoms with Crippen molar-refractivity contribution in [3.8, 4) is 0 Å². The van der Waals surface area contributed by atoms with E-state index in [4.69, 9.17) is 16.3 Å². The molecule has 1 spiro atoms. The lowest BCUT2D eigenvalue weighted by molar-refractivity contribution is -0.138. The van der Waals surface area contributed by atoms with E-state index in [0.717, 1.165) is 5.56 Å². The molecular weight excluding hydrogens is 340 g/mol. The average molecular weight is 361 g/mol. The van der Waals surface area contributed by atoms with Gasteiger partial charge in [-0.25, -0.2) is 0 Å². The van der Waals surface area contributed by atoms with E-state index < -0.39 is 17.4 Å². The first-order chi connectivity index (χ1) is 11.9. The Morgan fingerprint density at radius 1 is 1.44 bits per heavy atom. The van der Waals surface area contributed by atoms with Crippen molar-refractivity contribution in [1.29, 1.82) is 0 Å². The van der Waals surface area contributed by atoms with Gasteiger partial charge in [-0.1, -0.05) is 42.0 Å². The number of fused-ring (bicyclic) bond motifs is 1. The molecule has 4 atom stereocenters. The van der Waals surface area contributed by atoms with Crippen LogP contribution in [0.5, 0.6) is 0 Å². The number of rotatable bonds is 4. The summed E-state index contributed by atoms with van der Waals surface area (Å²) < 4.78 is 6.10. The molecule has 0 aromatic heterocycles. The van der Waals surface area contributed by atoms with Crippen LogP contribution in [0.15, 0.2) is 36.4 Å². The second-order valence-electron chi connectivity index (χ2n) is 7.35. The zero-order valence-corrected chi connectivity index (χ0v) is 15.0. The maximum atomic E-state index is 13.1. The van der Waals surface area contributed by atoms with Crippen LogP contribution in [0, 0.1) is 11.8 Å². The predicted molar refractivity (Wildman–Crippen MR) is 93.9 cm³/mol. The van der Waals surface area contributed by atoms with Crippen LogP contribution in [-0.4, -0.2) is 41.0 Å². The summed E-state index contributed by atoms with van der Waals surface area (Å²) in [5.74, 6) is -1.06. The molecule has 2 bridgehead atoms.